The van der Waals surface area contributed by atoms with Crippen LogP contribution in [0.2, 0.25) is 10.0 Å². The number of rotatable bonds is 5. The largest absolute Gasteiger partial charge is 0.491 e. The molecule has 2 aromatic rings. The van der Waals surface area contributed by atoms with Crippen LogP contribution in [0.25, 0.3) is 0 Å². The maximum Gasteiger partial charge on any atom is 0.137 e. The number of hydrogen-bond donors (Lipinski definition) is 1. The molecular formula is C15H14Cl2O2. The van der Waals surface area contributed by atoms with E-state index in [1.165, 1.54) is 0 Å². The van der Waals surface area contributed by atoms with Gasteiger partial charge in [-0.2, -0.15) is 0 Å². The molecule has 2 nitrogen and oxygen atoms in total. The summed E-state index contributed by atoms with van der Waals surface area (Å²) < 4.78 is 5.65. The topological polar surface area (TPSA) is 29.5 Å². The fourth-order valence-corrected chi connectivity index (χ4v) is 2.06. The summed E-state index contributed by atoms with van der Waals surface area (Å²) >= 11 is 11.9. The number of hydrogen-bond acceptors (Lipinski definition) is 2. The third-order valence-electron chi connectivity index (χ3n) is 2.84. The highest BCUT2D eigenvalue weighted by Crippen LogP contribution is 2.25. The fourth-order valence-electron chi connectivity index (χ4n) is 1.74. The SMILES string of the molecule is OCC(COc1ccccc1Cl)c1ccc(Cl)cc1. The van der Waals surface area contributed by atoms with E-state index in [4.69, 9.17) is 27.9 Å². The van der Waals surface area contributed by atoms with Crippen LogP contribution in [-0.2, 0) is 0 Å². The molecule has 1 atom stereocenters. The van der Waals surface area contributed by atoms with Crippen molar-refractivity contribution in [3.8, 4) is 5.75 Å². The Hall–Kier alpha value is -1.22. The molecule has 0 amide bonds. The number of aliphatic hydroxyl groups is 1. The predicted octanol–water partition coefficient (Wildman–Crippen LogP) is 4.15. The molecule has 0 aliphatic heterocycles. The van der Waals surface area contributed by atoms with E-state index in [1.54, 1.807) is 24.3 Å². The molecule has 0 radical (unpaired) electrons. The second-order valence-corrected chi connectivity index (χ2v) is 5.02. The Morgan fingerprint density at radius 1 is 1.00 bits per heavy atom. The Bertz CT molecular complexity index is 526. The minimum Gasteiger partial charge on any atom is -0.491 e. The van der Waals surface area contributed by atoms with Gasteiger partial charge in [-0.3, -0.25) is 0 Å². The van der Waals surface area contributed by atoms with Gasteiger partial charge in [0.1, 0.15) is 5.75 Å². The van der Waals surface area contributed by atoms with Crippen LogP contribution in [0.5, 0.6) is 5.75 Å². The minimum atomic E-state index is -0.103. The maximum atomic E-state index is 9.45. The van der Waals surface area contributed by atoms with Crippen LogP contribution < -0.4 is 4.74 Å². The average Bonchev–Trinajstić information content (AvgIpc) is 2.43. The first-order valence-corrected chi connectivity index (χ1v) is 6.70. The lowest BCUT2D eigenvalue weighted by atomic mass is 10.0. The van der Waals surface area contributed by atoms with E-state index in [0.717, 1.165) is 5.56 Å². The van der Waals surface area contributed by atoms with E-state index in [1.807, 2.05) is 24.3 Å². The standard InChI is InChI=1S/C15H14Cl2O2/c16-13-7-5-11(6-8-13)12(9-18)10-19-15-4-2-1-3-14(15)17/h1-8,12,18H,9-10H2. The molecular weight excluding hydrogens is 283 g/mol. The van der Waals surface area contributed by atoms with Gasteiger partial charge in [0.2, 0.25) is 0 Å². The summed E-state index contributed by atoms with van der Waals surface area (Å²) in [6.07, 6.45) is 0. The Morgan fingerprint density at radius 3 is 2.32 bits per heavy atom. The Morgan fingerprint density at radius 2 is 1.68 bits per heavy atom. The molecule has 100 valence electrons. The van der Waals surface area contributed by atoms with Crippen molar-refractivity contribution in [2.24, 2.45) is 0 Å². The lowest BCUT2D eigenvalue weighted by Crippen LogP contribution is -2.14. The van der Waals surface area contributed by atoms with Crippen LogP contribution in [-0.4, -0.2) is 18.3 Å². The molecule has 0 fully saturated rings. The monoisotopic (exact) mass is 296 g/mol. The van der Waals surface area contributed by atoms with Crippen molar-refractivity contribution in [3.05, 3.63) is 64.1 Å². The van der Waals surface area contributed by atoms with E-state index in [0.29, 0.717) is 22.4 Å². The van der Waals surface area contributed by atoms with Crippen molar-refractivity contribution < 1.29 is 9.84 Å². The van der Waals surface area contributed by atoms with E-state index in [9.17, 15) is 5.11 Å². The van der Waals surface area contributed by atoms with E-state index in [2.05, 4.69) is 0 Å². The van der Waals surface area contributed by atoms with Crippen molar-refractivity contribution in [1.82, 2.24) is 0 Å². The number of para-hydroxylation sites is 1. The van der Waals surface area contributed by atoms with Crippen molar-refractivity contribution in [2.45, 2.75) is 5.92 Å². The normalized spacial score (nSPS) is 12.2. The highest BCUT2D eigenvalue weighted by Gasteiger charge is 2.12. The summed E-state index contributed by atoms with van der Waals surface area (Å²) in [7, 11) is 0. The van der Waals surface area contributed by atoms with E-state index >= 15 is 0 Å². The number of ether oxygens (including phenoxy) is 1. The Labute approximate surface area is 122 Å². The van der Waals surface area contributed by atoms with Gasteiger partial charge in [0.25, 0.3) is 0 Å². The molecule has 0 bridgehead atoms. The number of aliphatic hydroxyl groups excluding tert-OH is 1. The van der Waals surface area contributed by atoms with E-state index in [-0.39, 0.29) is 12.5 Å². The maximum absolute atomic E-state index is 9.45. The van der Waals surface area contributed by atoms with Crippen LogP contribution in [0.1, 0.15) is 11.5 Å². The first kappa shape index (κ1) is 14.2. The van der Waals surface area contributed by atoms with Crippen molar-refractivity contribution in [2.75, 3.05) is 13.2 Å². The highest BCUT2D eigenvalue weighted by atomic mass is 35.5. The van der Waals surface area contributed by atoms with E-state index < -0.39 is 0 Å². The zero-order chi connectivity index (χ0) is 13.7. The minimum absolute atomic E-state index is 0.00604. The summed E-state index contributed by atoms with van der Waals surface area (Å²) in [5.41, 5.74) is 0.985. The summed E-state index contributed by atoms with van der Waals surface area (Å²) in [5, 5.41) is 10.7. The lowest BCUT2D eigenvalue weighted by Gasteiger charge is -2.16. The van der Waals surface area contributed by atoms with Crippen LogP contribution in [0.15, 0.2) is 48.5 Å². The molecule has 0 saturated carbocycles. The smallest absolute Gasteiger partial charge is 0.137 e. The molecule has 0 aliphatic rings. The number of halogens is 2. The van der Waals surface area contributed by atoms with Gasteiger partial charge in [-0.05, 0) is 29.8 Å². The molecule has 4 heteroatoms. The summed E-state index contributed by atoms with van der Waals surface area (Å²) in [5.74, 6) is 0.519. The summed E-state index contributed by atoms with van der Waals surface area (Å²) in [4.78, 5) is 0. The second kappa shape index (κ2) is 6.80. The molecule has 2 aromatic carbocycles. The zero-order valence-electron chi connectivity index (χ0n) is 10.2. The van der Waals surface area contributed by atoms with Crippen molar-refractivity contribution in [3.63, 3.8) is 0 Å². The van der Waals surface area contributed by atoms with Gasteiger partial charge in [0.05, 0.1) is 18.2 Å². The average molecular weight is 297 g/mol. The number of benzene rings is 2. The predicted molar refractivity (Wildman–Crippen MR) is 78.2 cm³/mol. The van der Waals surface area contributed by atoms with Gasteiger partial charge in [0, 0.05) is 10.9 Å². The van der Waals surface area contributed by atoms with Gasteiger partial charge in [-0.15, -0.1) is 0 Å². The first-order valence-electron chi connectivity index (χ1n) is 5.94. The molecule has 0 saturated heterocycles. The summed E-state index contributed by atoms with van der Waals surface area (Å²) in [6.45, 7) is 0.369. The molecule has 2 rings (SSSR count). The second-order valence-electron chi connectivity index (χ2n) is 4.17. The van der Waals surface area contributed by atoms with Gasteiger partial charge in [-0.1, -0.05) is 47.5 Å². The quantitative estimate of drug-likeness (QED) is 0.898. The van der Waals surface area contributed by atoms with Gasteiger partial charge in [0.15, 0.2) is 0 Å². The molecule has 1 unspecified atom stereocenters. The first-order chi connectivity index (χ1) is 9.20. The summed E-state index contributed by atoms with van der Waals surface area (Å²) in [6, 6.07) is 14.7. The zero-order valence-corrected chi connectivity index (χ0v) is 11.7. The van der Waals surface area contributed by atoms with Crippen molar-refractivity contribution >= 4 is 23.2 Å². The Kier molecular flexibility index (Phi) is 5.08. The molecule has 0 aliphatic carbocycles. The molecule has 0 aromatic heterocycles. The fraction of sp³-hybridized carbons (Fsp3) is 0.200. The molecule has 0 spiro atoms. The van der Waals surface area contributed by atoms with Gasteiger partial charge >= 0.3 is 0 Å². The van der Waals surface area contributed by atoms with Gasteiger partial charge in [-0.25, -0.2) is 0 Å². The third-order valence-corrected chi connectivity index (χ3v) is 3.40. The lowest BCUT2D eigenvalue weighted by molar-refractivity contribution is 0.205. The molecule has 19 heavy (non-hydrogen) atoms. The van der Waals surface area contributed by atoms with Crippen LogP contribution >= 0.6 is 23.2 Å². The van der Waals surface area contributed by atoms with Crippen molar-refractivity contribution in [1.29, 1.82) is 0 Å². The van der Waals surface area contributed by atoms with Gasteiger partial charge < -0.3 is 9.84 Å². The van der Waals surface area contributed by atoms with Crippen LogP contribution in [0.4, 0.5) is 0 Å². The highest BCUT2D eigenvalue weighted by molar-refractivity contribution is 6.32. The molecule has 1 N–H and O–H groups in total. The van der Waals surface area contributed by atoms with Crippen LogP contribution in [0, 0.1) is 0 Å². The van der Waals surface area contributed by atoms with Crippen LogP contribution in [0.3, 0.4) is 0 Å². The Balaban J connectivity index is 2.04. The molecule has 0 heterocycles. The third kappa shape index (κ3) is 3.87.